The highest BCUT2D eigenvalue weighted by Gasteiger charge is 2.47. The summed E-state index contributed by atoms with van der Waals surface area (Å²) in [5.74, 6) is -1.32. The zero-order valence-electron chi connectivity index (χ0n) is 7.95. The number of rotatable bonds is 2. The second-order valence-corrected chi connectivity index (χ2v) is 5.81. The molecule has 1 aromatic carbocycles. The lowest BCUT2D eigenvalue weighted by molar-refractivity contribution is -0.0446. The molecular weight excluding hydrogens is 374 g/mol. The van der Waals surface area contributed by atoms with Crippen LogP contribution in [-0.4, -0.2) is 19.8 Å². The lowest BCUT2D eigenvalue weighted by atomic mass is 10.2. The summed E-state index contributed by atoms with van der Waals surface area (Å²) in [7, 11) is -5.66. The molecule has 0 aromatic heterocycles. The Kier molecular flexibility index (Phi) is 4.02. The van der Waals surface area contributed by atoms with Gasteiger partial charge in [0.25, 0.3) is 5.91 Å². The second kappa shape index (κ2) is 4.80. The number of alkyl halides is 3. The Morgan fingerprint density at radius 2 is 1.88 bits per heavy atom. The van der Waals surface area contributed by atoms with E-state index >= 15 is 0 Å². The maximum Gasteiger partial charge on any atom is 0.516 e. The molecule has 1 rings (SSSR count). The van der Waals surface area contributed by atoms with E-state index in [0.29, 0.717) is 3.57 Å². The van der Waals surface area contributed by atoms with Crippen LogP contribution in [0.4, 0.5) is 13.2 Å². The molecule has 0 atom stereocenters. The van der Waals surface area contributed by atoms with Gasteiger partial charge in [0, 0.05) is 9.13 Å². The van der Waals surface area contributed by atoms with Gasteiger partial charge in [-0.2, -0.15) is 21.6 Å². The van der Waals surface area contributed by atoms with Crippen LogP contribution in [0.5, 0.6) is 0 Å². The van der Waals surface area contributed by atoms with E-state index in [-0.39, 0.29) is 5.56 Å². The van der Waals surface area contributed by atoms with Crippen molar-refractivity contribution >= 4 is 38.5 Å². The molecule has 94 valence electrons. The summed E-state index contributed by atoms with van der Waals surface area (Å²) in [6.07, 6.45) is 0. The summed E-state index contributed by atoms with van der Waals surface area (Å²) in [5.41, 5.74) is -5.67. The van der Waals surface area contributed by atoms with Crippen LogP contribution < -0.4 is 4.72 Å². The van der Waals surface area contributed by atoms with Crippen LogP contribution in [0.2, 0.25) is 0 Å². The number of halogens is 4. The quantitative estimate of drug-likeness (QED) is 0.799. The third-order valence-corrected chi connectivity index (χ3v) is 3.35. The number of carbonyl (C=O) groups excluding carboxylic acids is 1. The Balaban J connectivity index is 2.96. The average Bonchev–Trinajstić information content (AvgIpc) is 2.15. The number of sulfonamides is 1. The van der Waals surface area contributed by atoms with Gasteiger partial charge < -0.3 is 0 Å². The molecule has 9 heteroatoms. The predicted molar refractivity (Wildman–Crippen MR) is 61.6 cm³/mol. The predicted octanol–water partition coefficient (Wildman–Crippen LogP) is 1.87. The summed E-state index contributed by atoms with van der Waals surface area (Å²) in [4.78, 5) is 11.3. The molecular formula is C8H5F3INO3S. The number of benzene rings is 1. The lowest BCUT2D eigenvalue weighted by Gasteiger charge is -2.09. The minimum Gasteiger partial charge on any atom is -0.268 e. The van der Waals surface area contributed by atoms with Gasteiger partial charge in [-0.25, -0.2) is 4.72 Å². The average molecular weight is 379 g/mol. The fourth-order valence-electron chi connectivity index (χ4n) is 0.869. The zero-order valence-corrected chi connectivity index (χ0v) is 10.9. The third-order valence-electron chi connectivity index (χ3n) is 1.62. The summed E-state index contributed by atoms with van der Waals surface area (Å²) < 4.78 is 58.8. The maximum atomic E-state index is 12.0. The minimum atomic E-state index is -5.66. The first-order valence-electron chi connectivity index (χ1n) is 4.02. The van der Waals surface area contributed by atoms with E-state index in [9.17, 15) is 26.4 Å². The van der Waals surface area contributed by atoms with E-state index in [1.807, 2.05) is 22.6 Å². The van der Waals surface area contributed by atoms with Gasteiger partial charge >= 0.3 is 15.5 Å². The van der Waals surface area contributed by atoms with Crippen LogP contribution in [0.25, 0.3) is 0 Å². The Bertz CT molecular complexity index is 541. The molecule has 0 saturated carbocycles. The first kappa shape index (κ1) is 14.2. The number of carbonyl (C=O) groups is 1. The molecule has 0 bridgehead atoms. The van der Waals surface area contributed by atoms with Crippen molar-refractivity contribution < 1.29 is 26.4 Å². The minimum absolute atomic E-state index is 0.162. The van der Waals surface area contributed by atoms with E-state index in [2.05, 4.69) is 0 Å². The molecule has 17 heavy (non-hydrogen) atoms. The lowest BCUT2D eigenvalue weighted by Crippen LogP contribution is -2.40. The molecule has 0 aliphatic carbocycles. The molecule has 1 amide bonds. The zero-order chi connectivity index (χ0) is 13.3. The number of hydrogen-bond donors (Lipinski definition) is 1. The standard InChI is InChI=1S/C8H5F3INO3S/c9-8(10,11)17(15,16)13-7(14)5-2-1-3-6(12)4-5/h1-4H,(H,13,14). The molecule has 4 nitrogen and oxygen atoms in total. The Hall–Kier alpha value is -0.840. The topological polar surface area (TPSA) is 63.2 Å². The van der Waals surface area contributed by atoms with Gasteiger partial charge in [0.2, 0.25) is 0 Å². The van der Waals surface area contributed by atoms with E-state index < -0.39 is 21.4 Å². The Morgan fingerprint density at radius 3 is 2.35 bits per heavy atom. The molecule has 1 aromatic rings. The Morgan fingerprint density at radius 1 is 1.29 bits per heavy atom. The van der Waals surface area contributed by atoms with Gasteiger partial charge in [-0.15, -0.1) is 0 Å². The smallest absolute Gasteiger partial charge is 0.268 e. The van der Waals surface area contributed by atoms with Gasteiger partial charge in [-0.1, -0.05) is 6.07 Å². The fraction of sp³-hybridized carbons (Fsp3) is 0.125. The van der Waals surface area contributed by atoms with Crippen LogP contribution in [0.3, 0.4) is 0 Å². The first-order chi connectivity index (χ1) is 7.63. The third kappa shape index (κ3) is 3.56. The fourth-order valence-corrected chi connectivity index (χ4v) is 1.89. The van der Waals surface area contributed by atoms with Gasteiger partial charge in [-0.05, 0) is 40.8 Å². The van der Waals surface area contributed by atoms with Gasteiger partial charge in [0.15, 0.2) is 0 Å². The summed E-state index contributed by atoms with van der Waals surface area (Å²) in [6.45, 7) is 0. The van der Waals surface area contributed by atoms with Crippen molar-refractivity contribution in [2.75, 3.05) is 0 Å². The van der Waals surface area contributed by atoms with Crippen molar-refractivity contribution in [3.63, 3.8) is 0 Å². The van der Waals surface area contributed by atoms with Crippen LogP contribution in [0, 0.1) is 3.57 Å². The summed E-state index contributed by atoms with van der Waals surface area (Å²) >= 11 is 1.84. The van der Waals surface area contributed by atoms with Crippen molar-refractivity contribution in [2.24, 2.45) is 0 Å². The van der Waals surface area contributed by atoms with E-state index in [1.54, 1.807) is 6.07 Å². The van der Waals surface area contributed by atoms with E-state index in [4.69, 9.17) is 0 Å². The monoisotopic (exact) mass is 379 g/mol. The highest BCUT2D eigenvalue weighted by Crippen LogP contribution is 2.22. The largest absolute Gasteiger partial charge is 0.516 e. The van der Waals surface area contributed by atoms with Crippen molar-refractivity contribution in [3.05, 3.63) is 33.4 Å². The number of hydrogen-bond acceptors (Lipinski definition) is 3. The number of amides is 1. The SMILES string of the molecule is O=C(NS(=O)(=O)C(F)(F)F)c1cccc(I)c1. The molecule has 0 fully saturated rings. The van der Waals surface area contributed by atoms with Crippen molar-refractivity contribution in [3.8, 4) is 0 Å². The van der Waals surface area contributed by atoms with Crippen molar-refractivity contribution in [2.45, 2.75) is 5.51 Å². The molecule has 0 aliphatic heterocycles. The Labute approximate surface area is 108 Å². The highest BCUT2D eigenvalue weighted by molar-refractivity contribution is 14.1. The highest BCUT2D eigenvalue weighted by atomic mass is 127. The van der Waals surface area contributed by atoms with Crippen molar-refractivity contribution in [1.82, 2.24) is 4.72 Å². The van der Waals surface area contributed by atoms with E-state index in [1.165, 1.54) is 18.2 Å². The molecule has 0 radical (unpaired) electrons. The molecule has 0 aliphatic rings. The van der Waals surface area contributed by atoms with E-state index in [0.717, 1.165) is 4.72 Å². The van der Waals surface area contributed by atoms with Gasteiger partial charge in [0.1, 0.15) is 0 Å². The molecule has 0 heterocycles. The molecule has 1 N–H and O–H groups in total. The van der Waals surface area contributed by atoms with Crippen LogP contribution in [0.15, 0.2) is 24.3 Å². The second-order valence-electron chi connectivity index (χ2n) is 2.89. The van der Waals surface area contributed by atoms with Gasteiger partial charge in [0.05, 0.1) is 0 Å². The maximum absolute atomic E-state index is 12.0. The van der Waals surface area contributed by atoms with Crippen LogP contribution in [0.1, 0.15) is 10.4 Å². The summed E-state index contributed by atoms with van der Waals surface area (Å²) in [6, 6.07) is 5.51. The van der Waals surface area contributed by atoms with Crippen LogP contribution >= 0.6 is 22.6 Å². The number of nitrogens with one attached hydrogen (secondary N) is 1. The summed E-state index contributed by atoms with van der Waals surface area (Å²) in [5, 5.41) is 0. The molecule has 0 unspecified atom stereocenters. The molecule has 0 spiro atoms. The molecule has 0 saturated heterocycles. The van der Waals surface area contributed by atoms with Crippen LogP contribution in [-0.2, 0) is 10.0 Å². The first-order valence-corrected chi connectivity index (χ1v) is 6.58. The normalized spacial score (nSPS) is 12.2. The van der Waals surface area contributed by atoms with Gasteiger partial charge in [-0.3, -0.25) is 4.79 Å². The van der Waals surface area contributed by atoms with Crippen molar-refractivity contribution in [1.29, 1.82) is 0 Å².